The summed E-state index contributed by atoms with van der Waals surface area (Å²) in [5, 5.41) is 11.8. The van der Waals surface area contributed by atoms with Crippen LogP contribution in [0.2, 0.25) is 0 Å². The molecule has 3 aromatic heterocycles. The molecule has 0 radical (unpaired) electrons. The summed E-state index contributed by atoms with van der Waals surface area (Å²) in [6.07, 6.45) is 1.87. The Bertz CT molecular complexity index is 1920. The van der Waals surface area contributed by atoms with Crippen LogP contribution in [0.25, 0.3) is 27.7 Å². The number of alkyl halides is 1. The molecule has 1 saturated heterocycles. The number of anilines is 1. The van der Waals surface area contributed by atoms with Crippen LogP contribution in [0.3, 0.4) is 0 Å². The highest BCUT2D eigenvalue weighted by Crippen LogP contribution is 2.29. The number of rotatable bonds is 7. The number of nitrogens with one attached hydrogen (secondary N) is 1. The molecular weight excluding hydrogens is 560 g/mol. The van der Waals surface area contributed by atoms with Gasteiger partial charge >= 0.3 is 0 Å². The largest absolute Gasteiger partial charge is 0.494 e. The highest BCUT2D eigenvalue weighted by atomic mass is 19.1. The fourth-order valence-corrected chi connectivity index (χ4v) is 5.39. The second-order valence-electron chi connectivity index (χ2n) is 10.4. The molecular formula is C30H27F2N7O4. The lowest BCUT2D eigenvalue weighted by atomic mass is 10.0. The van der Waals surface area contributed by atoms with Gasteiger partial charge in [-0.2, -0.15) is 10.2 Å². The number of aromatic nitrogens is 5. The molecule has 1 fully saturated rings. The smallest absolute Gasteiger partial charge is 0.247 e. The SMILES string of the molecule is COc1cccc(NC(=O)[C@@H]2C[C@@H](F)CN2C(=O)Cn2nc(C(C)=O)c3cc(-c4cnc5cc(C)nn5c4)ccc32)c1F. The van der Waals surface area contributed by atoms with E-state index in [9.17, 15) is 23.2 Å². The van der Waals surface area contributed by atoms with Crippen molar-refractivity contribution in [3.05, 3.63) is 72.1 Å². The Hall–Kier alpha value is -5.20. The highest BCUT2D eigenvalue weighted by Gasteiger charge is 2.40. The van der Waals surface area contributed by atoms with Crippen LogP contribution in [0.15, 0.2) is 54.9 Å². The molecule has 1 aliphatic heterocycles. The van der Waals surface area contributed by atoms with Crippen LogP contribution in [-0.4, -0.2) is 72.7 Å². The monoisotopic (exact) mass is 587 g/mol. The summed E-state index contributed by atoms with van der Waals surface area (Å²) in [4.78, 5) is 44.6. The first kappa shape index (κ1) is 27.9. The molecule has 4 heterocycles. The Morgan fingerprint density at radius 3 is 2.70 bits per heavy atom. The average Bonchev–Trinajstić information content (AvgIpc) is 3.67. The first-order valence-corrected chi connectivity index (χ1v) is 13.5. The molecule has 43 heavy (non-hydrogen) atoms. The first-order valence-electron chi connectivity index (χ1n) is 13.5. The van der Waals surface area contributed by atoms with Gasteiger partial charge in [-0.15, -0.1) is 0 Å². The number of amides is 2. The van der Waals surface area contributed by atoms with Gasteiger partial charge in [0.05, 0.1) is 30.6 Å². The number of carbonyl (C=O) groups is 3. The number of ketones is 1. The predicted octanol–water partition coefficient (Wildman–Crippen LogP) is 3.98. The summed E-state index contributed by atoms with van der Waals surface area (Å²) < 4.78 is 37.2. The number of Topliss-reactive ketones (excluding diaryl/α,β-unsaturated/α-hetero) is 1. The van der Waals surface area contributed by atoms with Crippen LogP contribution in [0, 0.1) is 12.7 Å². The van der Waals surface area contributed by atoms with Crippen LogP contribution in [0.5, 0.6) is 5.75 Å². The molecule has 0 unspecified atom stereocenters. The second-order valence-corrected chi connectivity index (χ2v) is 10.4. The maximum absolute atomic E-state index is 14.6. The minimum absolute atomic E-state index is 0.0659. The summed E-state index contributed by atoms with van der Waals surface area (Å²) in [7, 11) is 1.30. The number of methoxy groups -OCH3 is 1. The molecule has 220 valence electrons. The maximum atomic E-state index is 14.6. The van der Waals surface area contributed by atoms with E-state index in [1.54, 1.807) is 22.8 Å². The quantitative estimate of drug-likeness (QED) is 0.286. The molecule has 0 bridgehead atoms. The van der Waals surface area contributed by atoms with Crippen molar-refractivity contribution in [2.75, 3.05) is 19.0 Å². The molecule has 0 aliphatic carbocycles. The molecule has 2 atom stereocenters. The van der Waals surface area contributed by atoms with Gasteiger partial charge in [0.25, 0.3) is 0 Å². The van der Waals surface area contributed by atoms with E-state index in [1.165, 1.54) is 36.9 Å². The molecule has 6 rings (SSSR count). The summed E-state index contributed by atoms with van der Waals surface area (Å²) in [6, 6.07) is 10.3. The highest BCUT2D eigenvalue weighted by molar-refractivity contribution is 6.06. The maximum Gasteiger partial charge on any atom is 0.247 e. The van der Waals surface area contributed by atoms with Crippen molar-refractivity contribution < 1.29 is 27.9 Å². The van der Waals surface area contributed by atoms with Crippen molar-refractivity contribution in [1.82, 2.24) is 29.3 Å². The van der Waals surface area contributed by atoms with Gasteiger partial charge in [-0.1, -0.05) is 12.1 Å². The number of hydrogen-bond acceptors (Lipinski definition) is 7. The van der Waals surface area contributed by atoms with E-state index in [-0.39, 0.29) is 42.4 Å². The third-order valence-electron chi connectivity index (χ3n) is 7.45. The number of fused-ring (bicyclic) bond motifs is 2. The zero-order valence-electron chi connectivity index (χ0n) is 23.5. The van der Waals surface area contributed by atoms with E-state index in [4.69, 9.17) is 4.74 Å². The minimum atomic E-state index is -1.44. The summed E-state index contributed by atoms with van der Waals surface area (Å²) in [5.41, 5.74) is 3.61. The number of aryl methyl sites for hydroxylation is 1. The van der Waals surface area contributed by atoms with Gasteiger partial charge in [0.1, 0.15) is 24.5 Å². The Balaban J connectivity index is 1.27. The van der Waals surface area contributed by atoms with Crippen molar-refractivity contribution in [2.45, 2.75) is 39.0 Å². The van der Waals surface area contributed by atoms with Crippen molar-refractivity contribution in [3.63, 3.8) is 0 Å². The van der Waals surface area contributed by atoms with Crippen molar-refractivity contribution in [2.24, 2.45) is 0 Å². The lowest BCUT2D eigenvalue weighted by Gasteiger charge is -2.24. The molecule has 2 amide bonds. The second kappa shape index (κ2) is 10.9. The van der Waals surface area contributed by atoms with E-state index >= 15 is 0 Å². The Morgan fingerprint density at radius 2 is 1.93 bits per heavy atom. The number of nitrogens with zero attached hydrogens (tertiary/aromatic N) is 6. The first-order chi connectivity index (χ1) is 20.6. The number of halogens is 2. The molecule has 0 saturated carbocycles. The number of benzene rings is 2. The van der Waals surface area contributed by atoms with E-state index in [1.807, 2.05) is 25.3 Å². The van der Waals surface area contributed by atoms with Gasteiger partial charge in [0.15, 0.2) is 23.0 Å². The van der Waals surface area contributed by atoms with Gasteiger partial charge in [0, 0.05) is 42.8 Å². The molecule has 11 nitrogen and oxygen atoms in total. The zero-order valence-corrected chi connectivity index (χ0v) is 23.5. The van der Waals surface area contributed by atoms with E-state index in [0.717, 1.165) is 21.7 Å². The number of ether oxygens (including phenoxy) is 1. The molecule has 5 aromatic rings. The minimum Gasteiger partial charge on any atom is -0.494 e. The average molecular weight is 588 g/mol. The molecule has 2 aromatic carbocycles. The standard InChI is InChI=1S/C30H27F2N7O4/c1-16-9-26-33-12-19(13-39(26)35-16)18-7-8-23-21(10-18)29(17(2)40)36-38(23)15-27(41)37-14-20(31)11-24(37)30(42)34-22-5-4-6-25(43-3)28(22)32/h4-10,12-13,20,24H,11,14-15H2,1-3H3,(H,34,42)/t20-,24+/m1/s1. The number of hydrogen-bond donors (Lipinski definition) is 1. The van der Waals surface area contributed by atoms with Crippen LogP contribution < -0.4 is 10.1 Å². The fourth-order valence-electron chi connectivity index (χ4n) is 5.39. The fraction of sp³-hybridized carbons (Fsp3) is 0.267. The van der Waals surface area contributed by atoms with E-state index < -0.39 is 29.8 Å². The van der Waals surface area contributed by atoms with Gasteiger partial charge in [-0.3, -0.25) is 19.1 Å². The third-order valence-corrected chi connectivity index (χ3v) is 7.45. The molecule has 0 spiro atoms. The van der Waals surface area contributed by atoms with Gasteiger partial charge in [0.2, 0.25) is 11.8 Å². The Kier molecular flexibility index (Phi) is 7.08. The van der Waals surface area contributed by atoms with Crippen molar-refractivity contribution in [3.8, 4) is 16.9 Å². The van der Waals surface area contributed by atoms with Crippen LogP contribution >= 0.6 is 0 Å². The Labute approximate surface area is 244 Å². The van der Waals surface area contributed by atoms with Crippen molar-refractivity contribution in [1.29, 1.82) is 0 Å². The predicted molar refractivity (Wildman–Crippen MR) is 153 cm³/mol. The van der Waals surface area contributed by atoms with Gasteiger partial charge in [-0.25, -0.2) is 18.3 Å². The van der Waals surface area contributed by atoms with E-state index in [2.05, 4.69) is 20.5 Å². The molecule has 13 heteroatoms. The van der Waals surface area contributed by atoms with Gasteiger partial charge < -0.3 is 15.0 Å². The summed E-state index contributed by atoms with van der Waals surface area (Å²) >= 11 is 0. The van der Waals surface area contributed by atoms with Crippen LogP contribution in [0.4, 0.5) is 14.5 Å². The van der Waals surface area contributed by atoms with Crippen LogP contribution in [0.1, 0.15) is 29.5 Å². The lowest BCUT2D eigenvalue weighted by Crippen LogP contribution is -2.44. The van der Waals surface area contributed by atoms with Gasteiger partial charge in [-0.05, 0) is 36.8 Å². The van der Waals surface area contributed by atoms with E-state index in [0.29, 0.717) is 16.6 Å². The van der Waals surface area contributed by atoms with Crippen molar-refractivity contribution >= 4 is 39.8 Å². The molecule has 1 N–H and O–H groups in total. The summed E-state index contributed by atoms with van der Waals surface area (Å²) in [6.45, 7) is 2.61. The topological polar surface area (TPSA) is 124 Å². The normalized spacial score (nSPS) is 16.6. The molecule has 1 aliphatic rings. The van der Waals surface area contributed by atoms with Crippen LogP contribution in [-0.2, 0) is 16.1 Å². The summed E-state index contributed by atoms with van der Waals surface area (Å²) in [5.74, 6) is -2.44. The lowest BCUT2D eigenvalue weighted by molar-refractivity contribution is -0.137. The number of likely N-dealkylation sites (tertiary alicyclic amines) is 1. The third kappa shape index (κ3) is 5.17. The Morgan fingerprint density at radius 1 is 1.12 bits per heavy atom. The zero-order chi connectivity index (χ0) is 30.4. The number of carbonyl (C=O) groups excluding carboxylic acids is 3.